The Kier molecular flexibility index (Phi) is 5.00. The van der Waals surface area contributed by atoms with Gasteiger partial charge in [0.25, 0.3) is 5.91 Å². The monoisotopic (exact) mass is 479 g/mol. The molecule has 0 radical (unpaired) electrons. The summed E-state index contributed by atoms with van der Waals surface area (Å²) in [6, 6.07) is 7.25. The van der Waals surface area contributed by atoms with Gasteiger partial charge in [-0.3, -0.25) is 4.79 Å². The number of hydrogen-bond acceptors (Lipinski definition) is 4. The number of halogens is 4. The van der Waals surface area contributed by atoms with Crippen LogP contribution < -0.4 is 4.72 Å². The zero-order chi connectivity index (χ0) is 19.2. The third-order valence-corrected chi connectivity index (χ3v) is 5.02. The Bertz CT molecular complexity index is 1160. The molecule has 1 amide bonds. The molecule has 0 bridgehead atoms. The summed E-state index contributed by atoms with van der Waals surface area (Å²) < 4.78 is 40.5. The van der Waals surface area contributed by atoms with Crippen LogP contribution in [0.5, 0.6) is 0 Å². The van der Waals surface area contributed by atoms with Gasteiger partial charge in [-0.15, -0.1) is 0 Å². The summed E-state index contributed by atoms with van der Waals surface area (Å²) in [5, 5.41) is 4.96. The molecule has 0 saturated carbocycles. The first kappa shape index (κ1) is 19.1. The summed E-state index contributed by atoms with van der Waals surface area (Å²) in [5.74, 6) is -2.08. The summed E-state index contributed by atoms with van der Waals surface area (Å²) in [5.41, 5.74) is 0.224. The second-order valence-corrected chi connectivity index (χ2v) is 8.78. The number of amides is 1. The number of nitrogens with zero attached hydrogens (tertiary/aromatic N) is 2. The smallest absolute Gasteiger partial charge is 0.267 e. The lowest BCUT2D eigenvalue weighted by molar-refractivity contribution is 0.0978. The van der Waals surface area contributed by atoms with Gasteiger partial charge in [-0.25, -0.2) is 22.2 Å². The van der Waals surface area contributed by atoms with E-state index in [9.17, 15) is 17.6 Å². The molecule has 3 aromatic rings. The lowest BCUT2D eigenvalue weighted by atomic mass is 10.1. The molecule has 0 aliphatic heterocycles. The van der Waals surface area contributed by atoms with Crippen molar-refractivity contribution >= 4 is 66.0 Å². The van der Waals surface area contributed by atoms with Crippen molar-refractivity contribution in [1.29, 1.82) is 0 Å². The van der Waals surface area contributed by atoms with Crippen molar-refractivity contribution in [3.63, 3.8) is 0 Å². The van der Waals surface area contributed by atoms with Gasteiger partial charge in [0.05, 0.1) is 28.0 Å². The Morgan fingerprint density at radius 2 is 1.96 bits per heavy atom. The molecule has 1 N–H and O–H groups in total. The van der Waals surface area contributed by atoms with E-state index in [-0.39, 0.29) is 15.9 Å². The molecular formula is C15H9BrCl2FN3O3S. The summed E-state index contributed by atoms with van der Waals surface area (Å²) >= 11 is 15.6. The molecule has 0 aliphatic carbocycles. The SMILES string of the molecule is CS(=O)(=O)NC(=O)c1cc(Cl)c(-n2nc(Cl)c3cc(Br)ccc32)cc1F. The van der Waals surface area contributed by atoms with Gasteiger partial charge in [0.2, 0.25) is 10.0 Å². The summed E-state index contributed by atoms with van der Waals surface area (Å²) in [6.45, 7) is 0. The number of carbonyl (C=O) groups excluding carboxylic acids is 1. The molecule has 0 saturated heterocycles. The topological polar surface area (TPSA) is 81.1 Å². The van der Waals surface area contributed by atoms with Crippen molar-refractivity contribution in [2.45, 2.75) is 0 Å². The van der Waals surface area contributed by atoms with Crippen LogP contribution in [0.25, 0.3) is 16.6 Å². The summed E-state index contributed by atoms with van der Waals surface area (Å²) in [4.78, 5) is 11.9. The van der Waals surface area contributed by atoms with Crippen molar-refractivity contribution < 1.29 is 17.6 Å². The van der Waals surface area contributed by atoms with Crippen LogP contribution in [0, 0.1) is 5.82 Å². The highest BCUT2D eigenvalue weighted by molar-refractivity contribution is 9.10. The third-order valence-electron chi connectivity index (χ3n) is 3.38. The Balaban J connectivity index is 2.14. The first-order valence-electron chi connectivity index (χ1n) is 6.92. The van der Waals surface area contributed by atoms with E-state index in [1.54, 1.807) is 22.9 Å². The van der Waals surface area contributed by atoms with E-state index in [0.29, 0.717) is 10.9 Å². The van der Waals surface area contributed by atoms with Crippen molar-refractivity contribution in [1.82, 2.24) is 14.5 Å². The van der Waals surface area contributed by atoms with Crippen molar-refractivity contribution in [3.8, 4) is 5.69 Å². The predicted octanol–water partition coefficient (Wildman–Crippen LogP) is 3.92. The maximum Gasteiger partial charge on any atom is 0.267 e. The van der Waals surface area contributed by atoms with E-state index in [2.05, 4.69) is 21.0 Å². The Hall–Kier alpha value is -1.68. The van der Waals surface area contributed by atoms with Crippen LogP contribution in [0.15, 0.2) is 34.8 Å². The number of sulfonamides is 1. The molecule has 1 heterocycles. The van der Waals surface area contributed by atoms with E-state index >= 15 is 0 Å². The van der Waals surface area contributed by atoms with Crippen molar-refractivity contribution in [2.75, 3.05) is 6.26 Å². The van der Waals surface area contributed by atoms with Crippen LogP contribution in [0.1, 0.15) is 10.4 Å². The van der Waals surface area contributed by atoms with E-state index in [1.807, 2.05) is 0 Å². The molecule has 26 heavy (non-hydrogen) atoms. The Morgan fingerprint density at radius 1 is 1.27 bits per heavy atom. The molecule has 0 spiro atoms. The van der Waals surface area contributed by atoms with E-state index in [0.717, 1.165) is 22.9 Å². The maximum atomic E-state index is 14.4. The van der Waals surface area contributed by atoms with Gasteiger partial charge in [-0.1, -0.05) is 39.1 Å². The van der Waals surface area contributed by atoms with Gasteiger partial charge in [-0.05, 0) is 24.3 Å². The van der Waals surface area contributed by atoms with Crippen molar-refractivity contribution in [2.24, 2.45) is 0 Å². The Labute approximate surface area is 166 Å². The van der Waals surface area contributed by atoms with Gasteiger partial charge in [-0.2, -0.15) is 5.10 Å². The van der Waals surface area contributed by atoms with Gasteiger partial charge in [0.15, 0.2) is 5.15 Å². The van der Waals surface area contributed by atoms with E-state index < -0.39 is 27.3 Å². The zero-order valence-electron chi connectivity index (χ0n) is 12.9. The lowest BCUT2D eigenvalue weighted by Crippen LogP contribution is -2.30. The van der Waals surface area contributed by atoms with Crippen LogP contribution in [0.3, 0.4) is 0 Å². The highest BCUT2D eigenvalue weighted by Gasteiger charge is 2.20. The quantitative estimate of drug-likeness (QED) is 0.615. The van der Waals surface area contributed by atoms with Gasteiger partial charge >= 0.3 is 0 Å². The molecule has 3 rings (SSSR count). The van der Waals surface area contributed by atoms with Gasteiger partial charge in [0.1, 0.15) is 5.82 Å². The minimum Gasteiger partial charge on any atom is -0.268 e. The first-order chi connectivity index (χ1) is 12.1. The molecule has 0 atom stereocenters. The standard InChI is InChI=1S/C15H9BrCl2FN3O3S/c1-26(24,25)21-15(23)8-5-10(17)13(6-11(8)19)22-12-3-2-7(16)4-9(12)14(18)20-22/h2-6H,1H3,(H,21,23). The molecule has 0 unspecified atom stereocenters. The molecule has 2 aromatic carbocycles. The average molecular weight is 481 g/mol. The second-order valence-electron chi connectivity index (χ2n) is 5.35. The third kappa shape index (κ3) is 3.71. The largest absolute Gasteiger partial charge is 0.268 e. The maximum absolute atomic E-state index is 14.4. The van der Waals surface area contributed by atoms with E-state index in [1.165, 1.54) is 4.68 Å². The molecule has 1 aromatic heterocycles. The van der Waals surface area contributed by atoms with Crippen LogP contribution in [-0.2, 0) is 10.0 Å². The fourth-order valence-corrected chi connectivity index (χ4v) is 3.61. The number of fused-ring (bicyclic) bond motifs is 1. The molecule has 6 nitrogen and oxygen atoms in total. The Morgan fingerprint density at radius 3 is 2.62 bits per heavy atom. The van der Waals surface area contributed by atoms with Gasteiger partial charge in [0, 0.05) is 15.9 Å². The molecule has 0 aliphatic rings. The average Bonchev–Trinajstić information content (AvgIpc) is 2.84. The minimum atomic E-state index is -3.84. The highest BCUT2D eigenvalue weighted by atomic mass is 79.9. The molecule has 11 heteroatoms. The predicted molar refractivity (Wildman–Crippen MR) is 101 cm³/mol. The van der Waals surface area contributed by atoms with Crippen LogP contribution >= 0.6 is 39.1 Å². The number of carbonyl (C=O) groups is 1. The van der Waals surface area contributed by atoms with Crippen LogP contribution in [-0.4, -0.2) is 30.4 Å². The number of aromatic nitrogens is 2. The van der Waals surface area contributed by atoms with Gasteiger partial charge < -0.3 is 0 Å². The lowest BCUT2D eigenvalue weighted by Gasteiger charge is -2.10. The second kappa shape index (κ2) is 6.80. The molecular weight excluding hydrogens is 472 g/mol. The highest BCUT2D eigenvalue weighted by Crippen LogP contribution is 2.32. The van der Waals surface area contributed by atoms with Crippen LogP contribution in [0.4, 0.5) is 4.39 Å². The number of nitrogens with one attached hydrogen (secondary N) is 1. The first-order valence-corrected chi connectivity index (χ1v) is 10.4. The zero-order valence-corrected chi connectivity index (χ0v) is 16.8. The van der Waals surface area contributed by atoms with Crippen molar-refractivity contribution in [3.05, 3.63) is 56.4 Å². The minimum absolute atomic E-state index is 0.00552. The number of hydrogen-bond donors (Lipinski definition) is 1. The fourth-order valence-electron chi connectivity index (χ4n) is 2.33. The summed E-state index contributed by atoms with van der Waals surface area (Å²) in [6.07, 6.45) is 0.786. The molecule has 0 fully saturated rings. The number of benzene rings is 2. The molecule has 136 valence electrons. The fraction of sp³-hybridized carbons (Fsp3) is 0.0667. The summed E-state index contributed by atoms with van der Waals surface area (Å²) in [7, 11) is -3.84. The normalized spacial score (nSPS) is 11.7. The number of rotatable bonds is 3. The van der Waals surface area contributed by atoms with Crippen LogP contribution in [0.2, 0.25) is 10.2 Å². The van der Waals surface area contributed by atoms with E-state index in [4.69, 9.17) is 23.2 Å².